The zero-order chi connectivity index (χ0) is 19.8. The van der Waals surface area contributed by atoms with Gasteiger partial charge in [-0.1, -0.05) is 0 Å². The van der Waals surface area contributed by atoms with Gasteiger partial charge in [-0.25, -0.2) is 0 Å². The Balaban J connectivity index is 1.77. The van der Waals surface area contributed by atoms with Crippen LogP contribution < -0.4 is 0 Å². The number of aromatic hydroxyl groups is 4. The Hall–Kier alpha value is -3.40. The van der Waals surface area contributed by atoms with Crippen LogP contribution in [0.3, 0.4) is 0 Å². The molecule has 0 amide bonds. The van der Waals surface area contributed by atoms with Crippen LogP contribution in [0.15, 0.2) is 48.6 Å². The van der Waals surface area contributed by atoms with Crippen molar-refractivity contribution in [3.05, 3.63) is 59.7 Å². The zero-order valence-electron chi connectivity index (χ0n) is 13.7. The summed E-state index contributed by atoms with van der Waals surface area (Å²) in [6, 6.07) is 8.05. The summed E-state index contributed by atoms with van der Waals surface area (Å²) in [6.45, 7) is 0. The van der Waals surface area contributed by atoms with Crippen molar-refractivity contribution in [2.75, 3.05) is 0 Å². The topological polar surface area (TPSA) is 134 Å². The van der Waals surface area contributed by atoms with Gasteiger partial charge >= 0.3 is 160 Å². The molecule has 0 aliphatic rings. The van der Waals surface area contributed by atoms with Crippen LogP contribution in [-0.2, 0) is 17.1 Å². The second-order valence-electron chi connectivity index (χ2n) is 5.09. The van der Waals surface area contributed by atoms with Crippen molar-refractivity contribution in [2.45, 2.75) is 0 Å². The predicted octanol–water partition coefficient (Wildman–Crippen LogP) is 1.86. The van der Waals surface area contributed by atoms with Gasteiger partial charge in [0.1, 0.15) is 0 Å². The van der Waals surface area contributed by atoms with Gasteiger partial charge in [-0.15, -0.1) is 0 Å². The Labute approximate surface area is 160 Å². The van der Waals surface area contributed by atoms with E-state index in [-0.39, 0.29) is 23.0 Å². The van der Waals surface area contributed by atoms with Crippen LogP contribution in [-0.4, -0.2) is 48.5 Å². The first-order valence-corrected chi connectivity index (χ1v) is 9.13. The van der Waals surface area contributed by atoms with E-state index in [1.54, 1.807) is 0 Å². The predicted molar refractivity (Wildman–Crippen MR) is 95.5 cm³/mol. The van der Waals surface area contributed by atoms with Gasteiger partial charge in [0.2, 0.25) is 0 Å². The number of carbonyl (C=O) groups is 2. The minimum absolute atomic E-state index is 0.274. The van der Waals surface area contributed by atoms with Crippen molar-refractivity contribution in [2.24, 2.45) is 0 Å². The van der Waals surface area contributed by atoms with E-state index < -0.39 is 28.0 Å². The number of phenols is 4. The Bertz CT molecular complexity index is 831. The minimum atomic E-state index is -1.76. The molecule has 27 heavy (non-hydrogen) atoms. The third kappa shape index (κ3) is 6.44. The van der Waals surface area contributed by atoms with Gasteiger partial charge in [0.15, 0.2) is 0 Å². The Morgan fingerprint density at radius 1 is 0.704 bits per heavy atom. The molecule has 2 rings (SSSR count). The number of carbonyl (C=O) groups excluding carboxylic acids is 2. The maximum atomic E-state index is 11.5. The SMILES string of the molecule is O=C(/C=C/c1ccc(O)c(O)c1)[O][Ge][O]C(=O)/C=C/c1ccc(O)c(O)c1. The van der Waals surface area contributed by atoms with Gasteiger partial charge in [0.25, 0.3) is 0 Å². The molecule has 0 saturated carbocycles. The fourth-order valence-corrected chi connectivity index (χ4v) is 2.51. The monoisotopic (exact) mass is 432 g/mol. The molecule has 0 spiro atoms. The van der Waals surface area contributed by atoms with Crippen LogP contribution in [0.5, 0.6) is 23.0 Å². The van der Waals surface area contributed by atoms with Crippen molar-refractivity contribution in [3.63, 3.8) is 0 Å². The molecule has 0 aliphatic heterocycles. The van der Waals surface area contributed by atoms with Crippen LogP contribution in [0.2, 0.25) is 0 Å². The van der Waals surface area contributed by atoms with Gasteiger partial charge < -0.3 is 0 Å². The van der Waals surface area contributed by atoms with Gasteiger partial charge in [0.05, 0.1) is 0 Å². The third-order valence-corrected chi connectivity index (χ3v) is 4.30. The first-order chi connectivity index (χ1) is 12.8. The summed E-state index contributed by atoms with van der Waals surface area (Å²) < 4.78 is 9.63. The van der Waals surface area contributed by atoms with Crippen molar-refractivity contribution in [1.82, 2.24) is 0 Å². The first kappa shape index (κ1) is 19.9. The maximum absolute atomic E-state index is 11.5. The zero-order valence-corrected chi connectivity index (χ0v) is 15.8. The fourth-order valence-electron chi connectivity index (χ4n) is 1.79. The molecule has 0 fully saturated rings. The van der Waals surface area contributed by atoms with Crippen molar-refractivity contribution in [1.29, 1.82) is 0 Å². The van der Waals surface area contributed by atoms with Crippen molar-refractivity contribution in [3.8, 4) is 23.0 Å². The molecule has 0 saturated heterocycles. The van der Waals surface area contributed by atoms with Crippen molar-refractivity contribution >= 4 is 40.2 Å². The number of hydrogen-bond acceptors (Lipinski definition) is 8. The molecule has 0 aromatic heterocycles. The van der Waals surface area contributed by atoms with Gasteiger partial charge in [-0.2, -0.15) is 0 Å². The molecule has 2 aromatic rings. The summed E-state index contributed by atoms with van der Waals surface area (Å²) in [6.07, 6.45) is 4.93. The molecule has 8 nitrogen and oxygen atoms in total. The molecule has 0 atom stereocenters. The summed E-state index contributed by atoms with van der Waals surface area (Å²) in [7, 11) is 0. The third-order valence-electron chi connectivity index (χ3n) is 3.11. The Morgan fingerprint density at radius 2 is 1.11 bits per heavy atom. The summed E-state index contributed by atoms with van der Waals surface area (Å²) in [5.41, 5.74) is 0.943. The second-order valence-corrected chi connectivity index (χ2v) is 6.29. The molecule has 2 radical (unpaired) electrons. The number of benzene rings is 2. The van der Waals surface area contributed by atoms with Crippen LogP contribution in [0.4, 0.5) is 0 Å². The van der Waals surface area contributed by atoms with E-state index in [9.17, 15) is 30.0 Å². The van der Waals surface area contributed by atoms with E-state index in [2.05, 4.69) is 0 Å². The molecule has 0 bridgehead atoms. The standard InChI is InChI=1S/C18H14GeO8/c20-13-5-1-11(9-15(13)22)3-7-17(24)26-19-27-18(25)8-4-12-2-6-14(21)16(23)10-12/h1-10,20-23H/b7-3+,8-4+. The quantitative estimate of drug-likeness (QED) is 0.310. The number of hydrogen-bond donors (Lipinski definition) is 4. The van der Waals surface area contributed by atoms with Crippen LogP contribution >= 0.6 is 0 Å². The summed E-state index contributed by atoms with van der Waals surface area (Å²) >= 11 is -1.76. The number of phenolic OH excluding ortho intramolecular Hbond substituents is 4. The molecule has 2 aromatic carbocycles. The van der Waals surface area contributed by atoms with E-state index >= 15 is 0 Å². The Morgan fingerprint density at radius 3 is 1.48 bits per heavy atom. The van der Waals surface area contributed by atoms with Gasteiger partial charge in [-0.05, 0) is 0 Å². The van der Waals surface area contributed by atoms with Gasteiger partial charge in [0, 0.05) is 0 Å². The Kier molecular flexibility index (Phi) is 6.89. The fraction of sp³-hybridized carbons (Fsp3) is 0. The molecule has 9 heteroatoms. The van der Waals surface area contributed by atoms with E-state index in [0.717, 1.165) is 12.2 Å². The molecular weight excluding hydrogens is 417 g/mol. The second kappa shape index (κ2) is 9.34. The summed E-state index contributed by atoms with van der Waals surface area (Å²) in [5, 5.41) is 37.1. The summed E-state index contributed by atoms with van der Waals surface area (Å²) in [4.78, 5) is 23.1. The van der Waals surface area contributed by atoms with E-state index in [1.165, 1.54) is 48.6 Å². The van der Waals surface area contributed by atoms with E-state index in [1.807, 2.05) is 0 Å². The molecule has 0 unspecified atom stereocenters. The molecule has 0 heterocycles. The molecule has 138 valence electrons. The molecule has 0 aliphatic carbocycles. The van der Waals surface area contributed by atoms with Crippen LogP contribution in [0.25, 0.3) is 12.2 Å². The van der Waals surface area contributed by atoms with E-state index in [0.29, 0.717) is 11.1 Å². The van der Waals surface area contributed by atoms with Crippen LogP contribution in [0.1, 0.15) is 11.1 Å². The molecular formula is C18H14GeO8. The normalized spacial score (nSPS) is 11.0. The molecule has 4 N–H and O–H groups in total. The van der Waals surface area contributed by atoms with Crippen molar-refractivity contribution < 1.29 is 37.5 Å². The van der Waals surface area contributed by atoms with E-state index in [4.69, 9.17) is 7.53 Å². The average Bonchev–Trinajstić information content (AvgIpc) is 2.63. The average molecular weight is 431 g/mol. The summed E-state index contributed by atoms with van der Waals surface area (Å²) in [5.74, 6) is -2.62. The van der Waals surface area contributed by atoms with Crippen LogP contribution in [0, 0.1) is 0 Å². The number of rotatable bonds is 6. The van der Waals surface area contributed by atoms with Gasteiger partial charge in [-0.3, -0.25) is 0 Å². The first-order valence-electron chi connectivity index (χ1n) is 7.42.